The fourth-order valence-corrected chi connectivity index (χ4v) is 16.6. The zero-order chi connectivity index (χ0) is 64.2. The normalized spacial score (nSPS) is 33.9. The number of para-hydroxylation sites is 1. The number of hydrogen-bond donors (Lipinski definition) is 13. The minimum atomic E-state index is -2.53. The second kappa shape index (κ2) is 24.4. The maximum atomic E-state index is 15.7. The molecular weight excluding hydrogens is 1190 g/mol. The highest BCUT2D eigenvalue weighted by Crippen LogP contribution is 2.56. The van der Waals surface area contributed by atoms with Crippen LogP contribution in [0.2, 0.25) is 0 Å². The van der Waals surface area contributed by atoms with Gasteiger partial charge in [0.05, 0.1) is 74.3 Å². The van der Waals surface area contributed by atoms with E-state index >= 15 is 9.59 Å². The third-order valence-corrected chi connectivity index (χ3v) is 21.4. The Morgan fingerprint density at radius 2 is 1.77 bits per heavy atom. The Kier molecular flexibility index (Phi) is 16.2. The lowest BCUT2D eigenvalue weighted by molar-refractivity contribution is -0.311. The first-order valence-electron chi connectivity index (χ1n) is 32.6. The Morgan fingerprint density at radius 3 is 2.60 bits per heavy atom. The summed E-state index contributed by atoms with van der Waals surface area (Å²) in [7, 11) is 0. The van der Waals surface area contributed by atoms with Crippen LogP contribution in [0.3, 0.4) is 0 Å². The van der Waals surface area contributed by atoms with E-state index in [9.17, 15) is 40.2 Å². The zero-order valence-electron chi connectivity index (χ0n) is 51.2. The summed E-state index contributed by atoms with van der Waals surface area (Å²) >= 11 is 0. The number of fused-ring (bicyclic) bond motifs is 14. The van der Waals surface area contributed by atoms with Crippen molar-refractivity contribution in [3.8, 4) is 23.3 Å². The number of nitrogens with two attached hydrogens (primary N) is 2. The number of aldehydes is 1. The van der Waals surface area contributed by atoms with Gasteiger partial charge in [-0.05, 0) is 109 Å². The number of nitrogens with one attached hydrogen (secondary N) is 5. The van der Waals surface area contributed by atoms with Crippen LogP contribution in [0.1, 0.15) is 116 Å². The van der Waals surface area contributed by atoms with Crippen LogP contribution in [0.25, 0.3) is 0 Å². The minimum absolute atomic E-state index is 0.0374. The topological polar surface area (TPSA) is 351 Å². The van der Waals surface area contributed by atoms with Crippen molar-refractivity contribution in [1.82, 2.24) is 26.6 Å². The van der Waals surface area contributed by atoms with Crippen molar-refractivity contribution in [2.75, 3.05) is 44.5 Å². The number of benzene rings is 4. The van der Waals surface area contributed by atoms with Crippen LogP contribution in [0.5, 0.6) is 11.5 Å². The Morgan fingerprint density at radius 1 is 0.935 bits per heavy atom. The summed E-state index contributed by atoms with van der Waals surface area (Å²) < 4.78 is 35.4. The molecule has 16 atom stereocenters. The molecule has 488 valence electrons. The molecule has 1 amide bonds. The lowest BCUT2D eigenvalue weighted by Gasteiger charge is -2.51. The first-order valence-corrected chi connectivity index (χ1v) is 32.6. The number of rotatable bonds is 10. The summed E-state index contributed by atoms with van der Waals surface area (Å²) in [5.41, 5.74) is 15.9. The summed E-state index contributed by atoms with van der Waals surface area (Å²) in [6.07, 6.45) is -3.15. The molecule has 4 fully saturated rings. The maximum absolute atomic E-state index is 15.7. The van der Waals surface area contributed by atoms with E-state index in [1.54, 1.807) is 12.1 Å². The largest absolute Gasteiger partial charge is 0.486 e. The highest BCUT2D eigenvalue weighted by atomic mass is 16.7. The Hall–Kier alpha value is -7.38. The second-order valence-corrected chi connectivity index (χ2v) is 26.8. The Labute approximate surface area is 536 Å². The summed E-state index contributed by atoms with van der Waals surface area (Å²) in [5.74, 6) is 1.95. The molecule has 1 saturated carbocycles. The van der Waals surface area contributed by atoms with Gasteiger partial charge in [0.15, 0.2) is 28.7 Å². The number of hydrogen-bond acceptors (Lipinski definition) is 22. The first-order chi connectivity index (χ1) is 45.0. The van der Waals surface area contributed by atoms with Crippen LogP contribution in [0.15, 0.2) is 101 Å². The maximum Gasteiger partial charge on any atom is 0.242 e. The van der Waals surface area contributed by atoms with Crippen molar-refractivity contribution in [1.29, 1.82) is 0 Å². The van der Waals surface area contributed by atoms with E-state index in [-0.39, 0.29) is 116 Å². The summed E-state index contributed by atoms with van der Waals surface area (Å²) in [6, 6.07) is 18.8. The highest BCUT2D eigenvalue weighted by molar-refractivity contribution is 6.29. The average Bonchev–Trinajstić information content (AvgIpc) is 1.54. The molecule has 0 radical (unpaired) electrons. The van der Waals surface area contributed by atoms with Gasteiger partial charge in [-0.2, -0.15) is 0 Å². The monoisotopic (exact) mass is 1270 g/mol. The van der Waals surface area contributed by atoms with Crippen LogP contribution >= 0.6 is 0 Å². The van der Waals surface area contributed by atoms with E-state index in [1.165, 1.54) is 12.1 Å². The highest BCUT2D eigenvalue weighted by Gasteiger charge is 2.60. The third kappa shape index (κ3) is 10.5. The van der Waals surface area contributed by atoms with Gasteiger partial charge in [0.1, 0.15) is 55.5 Å². The summed E-state index contributed by atoms with van der Waals surface area (Å²) in [4.78, 5) is 58.9. The molecule has 16 unspecified atom stereocenters. The zero-order valence-corrected chi connectivity index (χ0v) is 51.2. The first kappa shape index (κ1) is 61.8. The third-order valence-electron chi connectivity index (χ3n) is 21.4. The van der Waals surface area contributed by atoms with Crippen LogP contribution in [-0.4, -0.2) is 173 Å². The van der Waals surface area contributed by atoms with Crippen LogP contribution in [0, 0.1) is 29.1 Å². The molecule has 93 heavy (non-hydrogen) atoms. The van der Waals surface area contributed by atoms with Crippen molar-refractivity contribution in [3.05, 3.63) is 157 Å². The molecule has 11 aliphatic rings. The van der Waals surface area contributed by atoms with E-state index in [1.807, 2.05) is 41.3 Å². The number of amides is 1. The molecule has 4 aromatic carbocycles. The van der Waals surface area contributed by atoms with E-state index in [4.69, 9.17) is 35.2 Å². The standard InChI is InChI=1S/C70H78N8O15/c71-64-56-48(16-19-73-64)69-32-91-62-63(86)70(88)18-15-37(21-34-9-11-36(39(22-34)25-52(69)83)24-40(69)26-49(56)75-41-5-1-2-6-41)51(82)14-12-38-29-89-31-53(70)92-67(62)93-60-47(54(38)44-7-3-4-8-50(44)78-33-74-57-65(78)76-68(72)77-66(57)87)27-46-55(61(60)90-30-42(81)17-20-79)59(85)45-23-35(28-80)10-13-43(45)58(46)84/h3-4,7-11,13,16,20,22-23,26-27,37-38,41-42,49,51-54,57,62-63,65,67-68,73-76,80-83,86,88H,1-2,5-6,12,14,17,19,21,24-25,28-33,71-72H2,(H,77,87). The number of carbonyl (C=O) groups excluding carboxylic acids is 4. The van der Waals surface area contributed by atoms with Gasteiger partial charge in [0, 0.05) is 58.4 Å². The number of nitrogens with zero attached hydrogens (tertiary/aromatic N) is 1. The molecule has 3 saturated heterocycles. The molecule has 1 spiro atoms. The van der Waals surface area contributed by atoms with Crippen molar-refractivity contribution in [3.63, 3.8) is 0 Å². The molecule has 0 aromatic heterocycles. The van der Waals surface area contributed by atoms with E-state index in [2.05, 4.69) is 56.6 Å². The molecule has 4 aliphatic carbocycles. The second-order valence-electron chi connectivity index (χ2n) is 26.8. The SMILES string of the molecule is NC1=C2C(=CCN1)C13COC4C5Oc6c(cc7c(c6OCC(O)CC=O)C(=O)c6cc(CO)ccc6C7=O)C(c6ccccc6N6CNC7C(=O)NC(N)NC76)C6CCC(O)C(C#CC(O)(C(COC6)O5)C4O)Cc4ccc(c(c4)CC1O)CC3=CC2NC1CCCC1. The fourth-order valence-electron chi connectivity index (χ4n) is 16.6. The molecule has 7 heterocycles. The molecule has 7 aliphatic heterocycles. The molecular formula is C70H78N8O15. The number of anilines is 1. The van der Waals surface area contributed by atoms with Gasteiger partial charge in [-0.3, -0.25) is 30.8 Å². The summed E-state index contributed by atoms with van der Waals surface area (Å²) in [5, 5.41) is 92.0. The van der Waals surface area contributed by atoms with Gasteiger partial charge in [-0.15, -0.1) is 0 Å². The van der Waals surface area contributed by atoms with Crippen molar-refractivity contribution in [2.45, 2.75) is 156 Å². The average molecular weight is 1270 g/mol. The summed E-state index contributed by atoms with van der Waals surface area (Å²) in [6.45, 7) is -1.47. The molecule has 23 nitrogen and oxygen atoms in total. The fraction of sp³-hybridized carbons (Fsp3) is 0.486. The number of carbonyl (C=O) groups is 4. The van der Waals surface area contributed by atoms with Crippen molar-refractivity contribution < 1.29 is 73.5 Å². The van der Waals surface area contributed by atoms with Gasteiger partial charge < -0.3 is 85.7 Å². The lowest BCUT2D eigenvalue weighted by Crippen LogP contribution is -2.70. The smallest absolute Gasteiger partial charge is 0.242 e. The molecule has 9 bridgehead atoms. The van der Waals surface area contributed by atoms with Crippen LogP contribution in [0.4, 0.5) is 5.69 Å². The Bertz CT molecular complexity index is 3880. The van der Waals surface area contributed by atoms with Crippen LogP contribution in [-0.2, 0) is 49.7 Å². The van der Waals surface area contributed by atoms with Gasteiger partial charge in [-0.25, -0.2) is 0 Å². The predicted octanol–water partition coefficient (Wildman–Crippen LogP) is 0.683. The molecule has 4 aromatic rings. The Balaban J connectivity index is 0.984. The number of dihydropyridines is 1. The van der Waals surface area contributed by atoms with Crippen LogP contribution < -0.4 is 52.4 Å². The number of ketones is 2. The van der Waals surface area contributed by atoms with E-state index < -0.39 is 115 Å². The van der Waals surface area contributed by atoms with Gasteiger partial charge in [0.25, 0.3) is 0 Å². The molecule has 15 N–H and O–H groups in total. The van der Waals surface area contributed by atoms with Gasteiger partial charge >= 0.3 is 0 Å². The molecule has 23 heteroatoms. The van der Waals surface area contributed by atoms with E-state index in [0.717, 1.165) is 59.1 Å². The van der Waals surface area contributed by atoms with Gasteiger partial charge in [0.2, 0.25) is 12.2 Å². The van der Waals surface area contributed by atoms with Crippen molar-refractivity contribution in [2.24, 2.45) is 28.7 Å². The number of ether oxygens (including phenoxy) is 5. The number of aliphatic hydroxyl groups is 6. The lowest BCUT2D eigenvalue weighted by atomic mass is 9.61. The van der Waals surface area contributed by atoms with Gasteiger partial charge in [-0.1, -0.05) is 84.9 Å². The van der Waals surface area contributed by atoms with Crippen molar-refractivity contribution >= 4 is 29.4 Å². The predicted molar refractivity (Wildman–Crippen MR) is 335 cm³/mol. The minimum Gasteiger partial charge on any atom is -0.486 e. The van der Waals surface area contributed by atoms with E-state index in [0.29, 0.717) is 41.9 Å². The number of aliphatic hydroxyl groups excluding tert-OH is 5. The quantitative estimate of drug-likeness (QED) is 0.0519. The molecule has 15 rings (SSSR count).